The Labute approximate surface area is 188 Å². The van der Waals surface area contributed by atoms with Crippen LogP contribution in [0.15, 0.2) is 48.5 Å². The van der Waals surface area contributed by atoms with Crippen molar-refractivity contribution in [1.82, 2.24) is 14.9 Å². The number of nitrogens with zero attached hydrogens (tertiary/aromatic N) is 6. The summed E-state index contributed by atoms with van der Waals surface area (Å²) in [5.74, 6) is 0.734. The van der Waals surface area contributed by atoms with Crippen LogP contribution < -0.4 is 4.90 Å². The summed E-state index contributed by atoms with van der Waals surface area (Å²) in [6.07, 6.45) is 0.460. The van der Waals surface area contributed by atoms with Crippen molar-refractivity contribution in [2.75, 3.05) is 25.5 Å². The number of benzene rings is 2. The first-order valence-electron chi connectivity index (χ1n) is 10.1. The van der Waals surface area contributed by atoms with Gasteiger partial charge in [-0.05, 0) is 0 Å². The Morgan fingerprint density at radius 2 is 1.64 bits per heavy atom. The van der Waals surface area contributed by atoms with Gasteiger partial charge in [-0.2, -0.15) is 0 Å². The summed E-state index contributed by atoms with van der Waals surface area (Å²) >= 11 is 0. The minimum absolute atomic E-state index is 0.104. The van der Waals surface area contributed by atoms with Crippen molar-refractivity contribution < 1.29 is 14.6 Å². The molecule has 1 aliphatic heterocycles. The zero-order valence-corrected chi connectivity index (χ0v) is 18.0. The Morgan fingerprint density at radius 3 is 2.21 bits per heavy atom. The Kier molecular flexibility index (Phi) is 5.69. The fraction of sp³-hybridized carbons (Fsp3) is 0.227. The third-order valence-electron chi connectivity index (χ3n) is 5.35. The molecular weight excluding hydrogens is 428 g/mol. The number of carbonyl (C=O) groups excluding carboxylic acids is 1. The molecule has 1 amide bonds. The van der Waals surface area contributed by atoms with E-state index in [9.17, 15) is 25.0 Å². The highest BCUT2D eigenvalue weighted by Crippen LogP contribution is 2.30. The van der Waals surface area contributed by atoms with Crippen molar-refractivity contribution >= 4 is 23.1 Å². The molecule has 33 heavy (non-hydrogen) atoms. The fourth-order valence-corrected chi connectivity index (χ4v) is 3.77. The van der Waals surface area contributed by atoms with E-state index >= 15 is 0 Å². The molecule has 11 nitrogen and oxygen atoms in total. The van der Waals surface area contributed by atoms with E-state index in [-0.39, 0.29) is 12.1 Å². The first kappa shape index (κ1) is 21.8. The molecule has 0 aliphatic carbocycles. The van der Waals surface area contributed by atoms with E-state index < -0.39 is 27.1 Å². The summed E-state index contributed by atoms with van der Waals surface area (Å²) in [4.78, 5) is 46.8. The summed E-state index contributed by atoms with van der Waals surface area (Å²) in [5, 5.41) is 22.4. The maximum atomic E-state index is 13.2. The molecule has 4 rings (SSSR count). The number of hydrogen-bond acceptors (Lipinski definition) is 8. The quantitative estimate of drug-likeness (QED) is 0.429. The minimum atomic E-state index is -0.752. The normalized spacial score (nSPS) is 12.7. The molecule has 0 saturated heterocycles. The van der Waals surface area contributed by atoms with Crippen molar-refractivity contribution in [3.8, 4) is 11.4 Å². The summed E-state index contributed by atoms with van der Waals surface area (Å²) in [6, 6.07) is 12.5. The van der Waals surface area contributed by atoms with Gasteiger partial charge in [-0.1, -0.05) is 30.3 Å². The van der Waals surface area contributed by atoms with Gasteiger partial charge in [0, 0.05) is 50.3 Å². The highest BCUT2D eigenvalue weighted by molar-refractivity contribution is 5.95. The molecule has 0 atom stereocenters. The number of anilines is 1. The number of hydrogen-bond donors (Lipinski definition) is 0. The van der Waals surface area contributed by atoms with Crippen LogP contribution in [0.1, 0.15) is 21.6 Å². The van der Waals surface area contributed by atoms with Crippen LogP contribution >= 0.6 is 0 Å². The second kappa shape index (κ2) is 8.61. The lowest BCUT2D eigenvalue weighted by Crippen LogP contribution is -2.37. The maximum absolute atomic E-state index is 13.2. The van der Waals surface area contributed by atoms with Crippen LogP contribution in [0.3, 0.4) is 0 Å². The number of nitro groups is 2. The van der Waals surface area contributed by atoms with E-state index in [1.54, 1.807) is 0 Å². The molecular formula is C22H20N6O5. The highest BCUT2D eigenvalue weighted by atomic mass is 16.6. The van der Waals surface area contributed by atoms with Gasteiger partial charge >= 0.3 is 0 Å². The van der Waals surface area contributed by atoms with Crippen LogP contribution in [0, 0.1) is 20.2 Å². The average molecular weight is 448 g/mol. The van der Waals surface area contributed by atoms with Crippen molar-refractivity contribution in [3.05, 3.63) is 85.6 Å². The molecule has 0 spiro atoms. The molecule has 0 N–H and O–H groups in total. The molecule has 2 aromatic carbocycles. The summed E-state index contributed by atoms with van der Waals surface area (Å²) in [5.41, 5.74) is 1.36. The largest absolute Gasteiger partial charge is 0.362 e. The van der Waals surface area contributed by atoms with Crippen LogP contribution in [-0.2, 0) is 13.0 Å². The number of fused-ring (bicyclic) bond motifs is 1. The van der Waals surface area contributed by atoms with Gasteiger partial charge in [0.1, 0.15) is 5.82 Å². The monoisotopic (exact) mass is 448 g/mol. The molecule has 1 aromatic heterocycles. The van der Waals surface area contributed by atoms with Gasteiger partial charge in [-0.15, -0.1) is 0 Å². The zero-order valence-electron chi connectivity index (χ0n) is 18.0. The van der Waals surface area contributed by atoms with Crippen molar-refractivity contribution in [3.63, 3.8) is 0 Å². The van der Waals surface area contributed by atoms with Gasteiger partial charge < -0.3 is 9.80 Å². The Morgan fingerprint density at radius 1 is 1.00 bits per heavy atom. The molecule has 0 radical (unpaired) electrons. The summed E-state index contributed by atoms with van der Waals surface area (Å²) in [6.45, 7) is 0.508. The second-order valence-electron chi connectivity index (χ2n) is 7.79. The van der Waals surface area contributed by atoms with Gasteiger partial charge in [-0.25, -0.2) is 9.97 Å². The van der Waals surface area contributed by atoms with Crippen molar-refractivity contribution in [2.24, 2.45) is 0 Å². The van der Waals surface area contributed by atoms with Crippen LogP contribution in [0.4, 0.5) is 17.2 Å². The first-order chi connectivity index (χ1) is 15.7. The molecule has 0 fully saturated rings. The van der Waals surface area contributed by atoms with E-state index in [2.05, 4.69) is 0 Å². The predicted octanol–water partition coefficient (Wildman–Crippen LogP) is 3.22. The zero-order chi connectivity index (χ0) is 23.7. The van der Waals surface area contributed by atoms with Crippen LogP contribution in [0.2, 0.25) is 0 Å². The van der Waals surface area contributed by atoms with Gasteiger partial charge in [0.15, 0.2) is 5.82 Å². The predicted molar refractivity (Wildman–Crippen MR) is 120 cm³/mol. The lowest BCUT2D eigenvalue weighted by molar-refractivity contribution is -0.394. The van der Waals surface area contributed by atoms with Gasteiger partial charge in [0.25, 0.3) is 17.3 Å². The smallest absolute Gasteiger partial charge is 0.277 e. The topological polar surface area (TPSA) is 136 Å². The lowest BCUT2D eigenvalue weighted by atomic mass is 10.0. The molecule has 0 bridgehead atoms. The maximum Gasteiger partial charge on any atom is 0.277 e. The Bertz CT molecular complexity index is 1230. The number of carbonyl (C=O) groups is 1. The molecule has 11 heteroatoms. The van der Waals surface area contributed by atoms with Crippen LogP contribution in [0.5, 0.6) is 0 Å². The molecule has 3 aromatic rings. The van der Waals surface area contributed by atoms with E-state index in [1.807, 2.05) is 49.3 Å². The third-order valence-corrected chi connectivity index (χ3v) is 5.35. The molecule has 168 valence electrons. The average Bonchev–Trinajstić information content (AvgIpc) is 2.82. The standard InChI is InChI=1S/C22H20N6O5/c1-25(2)21-18-13-26(9-8-19(18)23-20(24-21)14-6-4-3-5-7-14)22(29)15-10-16(27(30)31)12-17(11-15)28(32)33/h3-7,10-12H,8-9,13H2,1-2H3. The van der Waals surface area contributed by atoms with E-state index in [0.29, 0.717) is 24.6 Å². The number of nitro benzene ring substituents is 2. The molecule has 0 unspecified atom stereocenters. The van der Waals surface area contributed by atoms with Gasteiger partial charge in [0.2, 0.25) is 0 Å². The number of aromatic nitrogens is 2. The van der Waals surface area contributed by atoms with E-state index in [1.165, 1.54) is 4.90 Å². The van der Waals surface area contributed by atoms with Crippen LogP contribution in [0.25, 0.3) is 11.4 Å². The number of amides is 1. The first-order valence-corrected chi connectivity index (χ1v) is 10.1. The van der Waals surface area contributed by atoms with Crippen molar-refractivity contribution in [1.29, 1.82) is 0 Å². The van der Waals surface area contributed by atoms with Crippen molar-refractivity contribution in [2.45, 2.75) is 13.0 Å². The van der Waals surface area contributed by atoms with E-state index in [0.717, 1.165) is 35.0 Å². The molecule has 2 heterocycles. The van der Waals surface area contributed by atoms with E-state index in [4.69, 9.17) is 9.97 Å². The lowest BCUT2D eigenvalue weighted by Gasteiger charge is -2.31. The Hall–Kier alpha value is -4.41. The van der Waals surface area contributed by atoms with Gasteiger partial charge in [-0.3, -0.25) is 25.0 Å². The van der Waals surface area contributed by atoms with Gasteiger partial charge in [0.05, 0.1) is 33.7 Å². The SMILES string of the molecule is CN(C)c1nc(-c2ccccc2)nc2c1CN(C(=O)c1cc([N+](=O)[O-])cc([N+](=O)[O-])c1)CC2. The number of rotatable bonds is 5. The number of non-ortho nitro benzene ring substituents is 2. The molecule has 1 aliphatic rings. The summed E-state index contributed by atoms with van der Waals surface area (Å²) < 4.78 is 0. The summed E-state index contributed by atoms with van der Waals surface area (Å²) in [7, 11) is 3.70. The minimum Gasteiger partial charge on any atom is -0.362 e. The highest BCUT2D eigenvalue weighted by Gasteiger charge is 2.29. The van der Waals surface area contributed by atoms with Crippen LogP contribution in [-0.4, -0.2) is 51.3 Å². The molecule has 0 saturated carbocycles. The third kappa shape index (κ3) is 4.33. The fourth-order valence-electron chi connectivity index (χ4n) is 3.77. The second-order valence-corrected chi connectivity index (χ2v) is 7.79. The Balaban J connectivity index is 1.70.